The van der Waals surface area contributed by atoms with E-state index < -0.39 is 6.04 Å². The number of nitrogens with one attached hydrogen (secondary N) is 1. The monoisotopic (exact) mass is 603 g/mol. The topological polar surface area (TPSA) is 117 Å². The number of hydrogen-bond donors (Lipinski definition) is 2. The van der Waals surface area contributed by atoms with E-state index in [1.807, 2.05) is 26.0 Å². The molecule has 1 aromatic carbocycles. The summed E-state index contributed by atoms with van der Waals surface area (Å²) in [6.45, 7) is 8.14. The second kappa shape index (κ2) is 16.3. The quantitative estimate of drug-likeness (QED) is 0.382. The first-order valence-electron chi connectivity index (χ1n) is 15.4. The number of ether oxygens (including phenoxy) is 2. The molecule has 1 aliphatic heterocycles. The van der Waals surface area contributed by atoms with Gasteiger partial charge in [-0.25, -0.2) is 0 Å². The molecule has 0 unspecified atom stereocenters. The summed E-state index contributed by atoms with van der Waals surface area (Å²) in [6.07, 6.45) is 9.05. The smallest absolute Gasteiger partial charge is 0.258 e. The molecule has 0 spiro atoms. The maximum absolute atomic E-state index is 14.3. The van der Waals surface area contributed by atoms with Gasteiger partial charge in [0.15, 0.2) is 0 Å². The fraction of sp³-hybridized carbons (Fsp3) is 0.471. The first kappa shape index (κ1) is 33.0. The van der Waals surface area contributed by atoms with Gasteiger partial charge in [0.25, 0.3) is 11.8 Å². The summed E-state index contributed by atoms with van der Waals surface area (Å²) < 4.78 is 12.8. The molecule has 0 saturated heterocycles. The minimum absolute atomic E-state index is 0.0337. The van der Waals surface area contributed by atoms with Gasteiger partial charge in [-0.15, -0.1) is 0 Å². The van der Waals surface area contributed by atoms with Crippen molar-refractivity contribution < 1.29 is 24.2 Å². The number of carbonyl (C=O) groups is 2. The number of benzene rings is 1. The van der Waals surface area contributed by atoms with Gasteiger partial charge in [-0.3, -0.25) is 24.5 Å². The Morgan fingerprint density at radius 1 is 1.09 bits per heavy atom. The van der Waals surface area contributed by atoms with E-state index in [9.17, 15) is 14.7 Å². The highest BCUT2D eigenvalue weighted by Gasteiger charge is 2.30. The molecule has 2 aromatic heterocycles. The van der Waals surface area contributed by atoms with E-state index >= 15 is 0 Å². The molecule has 0 bridgehead atoms. The second-order valence-corrected chi connectivity index (χ2v) is 11.8. The number of anilines is 1. The van der Waals surface area contributed by atoms with Crippen LogP contribution in [0.3, 0.4) is 0 Å². The predicted molar refractivity (Wildman–Crippen MR) is 170 cm³/mol. The van der Waals surface area contributed by atoms with Crippen molar-refractivity contribution in [3.8, 4) is 5.75 Å². The van der Waals surface area contributed by atoms with E-state index in [1.54, 1.807) is 60.0 Å². The lowest BCUT2D eigenvalue weighted by Crippen LogP contribution is -2.47. The van der Waals surface area contributed by atoms with Crippen LogP contribution in [0.5, 0.6) is 5.75 Å². The van der Waals surface area contributed by atoms with Gasteiger partial charge in [0.2, 0.25) is 0 Å². The molecule has 0 saturated carbocycles. The van der Waals surface area contributed by atoms with Crippen molar-refractivity contribution in [3.05, 3.63) is 83.9 Å². The minimum Gasteiger partial charge on any atom is -0.490 e. The van der Waals surface area contributed by atoms with Crippen molar-refractivity contribution in [1.82, 2.24) is 19.8 Å². The van der Waals surface area contributed by atoms with E-state index in [1.165, 1.54) is 5.56 Å². The standard InChI is InChI=1S/C34H45N5O5/c1-24-20-39(25(2)23-40)34(42)30-19-29(37-33(41)28-12-16-36-17-13-28)8-9-31(30)44-26(3)7-5-6-18-43-32(24)22-38(4)21-27-10-14-35-15-11-27/h8-17,19,24-26,32,40H,5-7,18,20-23H2,1-4H3,(H,37,41)/t24-,25+,26+,32+/m1/s1. The largest absolute Gasteiger partial charge is 0.490 e. The van der Waals surface area contributed by atoms with E-state index in [4.69, 9.17) is 9.47 Å². The zero-order valence-electron chi connectivity index (χ0n) is 26.2. The molecule has 0 radical (unpaired) electrons. The molecule has 2 N–H and O–H groups in total. The summed E-state index contributed by atoms with van der Waals surface area (Å²) in [5.41, 5.74) is 2.43. The lowest BCUT2D eigenvalue weighted by Gasteiger charge is -2.36. The van der Waals surface area contributed by atoms with E-state index in [0.29, 0.717) is 42.3 Å². The van der Waals surface area contributed by atoms with Crippen LogP contribution in [0.2, 0.25) is 0 Å². The SMILES string of the molecule is C[C@@H]1CN([C@@H](C)CO)C(=O)c2cc(NC(=O)c3ccncc3)ccc2O[C@@H](C)CCCCO[C@H]1CN(C)Cc1ccncc1. The molecule has 4 atom stereocenters. The first-order chi connectivity index (χ1) is 21.2. The molecule has 3 heterocycles. The highest BCUT2D eigenvalue weighted by Crippen LogP contribution is 2.29. The number of hydrogen-bond acceptors (Lipinski definition) is 8. The van der Waals surface area contributed by atoms with E-state index in [-0.39, 0.29) is 36.5 Å². The molecule has 2 amide bonds. The van der Waals surface area contributed by atoms with E-state index in [0.717, 1.165) is 25.8 Å². The van der Waals surface area contributed by atoms with Crippen LogP contribution >= 0.6 is 0 Å². The van der Waals surface area contributed by atoms with Crippen molar-refractivity contribution >= 4 is 17.5 Å². The highest BCUT2D eigenvalue weighted by atomic mass is 16.5. The number of fused-ring (bicyclic) bond motifs is 1. The number of aliphatic hydroxyl groups excluding tert-OH is 1. The zero-order chi connectivity index (χ0) is 31.5. The number of amides is 2. The number of pyridine rings is 2. The second-order valence-electron chi connectivity index (χ2n) is 11.8. The molecular weight excluding hydrogens is 558 g/mol. The summed E-state index contributed by atoms with van der Waals surface area (Å²) in [6, 6.07) is 12.0. The maximum atomic E-state index is 14.3. The molecule has 44 heavy (non-hydrogen) atoms. The summed E-state index contributed by atoms with van der Waals surface area (Å²) in [4.78, 5) is 39.2. The fourth-order valence-electron chi connectivity index (χ4n) is 5.34. The molecule has 10 nitrogen and oxygen atoms in total. The number of aromatic nitrogens is 2. The first-order valence-corrected chi connectivity index (χ1v) is 15.4. The Hall–Kier alpha value is -3.86. The van der Waals surface area contributed by atoms with Crippen LogP contribution in [0.1, 0.15) is 66.3 Å². The average Bonchev–Trinajstić information content (AvgIpc) is 3.03. The van der Waals surface area contributed by atoms with E-state index in [2.05, 4.69) is 34.2 Å². The zero-order valence-corrected chi connectivity index (χ0v) is 26.2. The summed E-state index contributed by atoms with van der Waals surface area (Å²) in [7, 11) is 2.07. The third-order valence-electron chi connectivity index (χ3n) is 7.95. The van der Waals surface area contributed by atoms with Crippen LogP contribution in [0, 0.1) is 5.92 Å². The molecule has 0 aliphatic carbocycles. The lowest BCUT2D eigenvalue weighted by atomic mass is 10.0. The Morgan fingerprint density at radius 3 is 2.50 bits per heavy atom. The Balaban J connectivity index is 1.61. The van der Waals surface area contributed by atoms with Crippen LogP contribution in [0.4, 0.5) is 5.69 Å². The van der Waals surface area contributed by atoms with Crippen molar-refractivity contribution in [1.29, 1.82) is 0 Å². The Kier molecular flexibility index (Phi) is 12.2. The van der Waals surface area contributed by atoms with Gasteiger partial charge in [-0.2, -0.15) is 0 Å². The van der Waals surface area contributed by atoms with Gasteiger partial charge in [-0.05, 0) is 88.2 Å². The number of carbonyl (C=O) groups excluding carboxylic acids is 2. The molecule has 236 valence electrons. The molecule has 3 aromatic rings. The van der Waals surface area contributed by atoms with Crippen LogP contribution in [-0.2, 0) is 11.3 Å². The van der Waals surface area contributed by atoms with Crippen molar-refractivity contribution in [2.24, 2.45) is 5.92 Å². The van der Waals surface area contributed by atoms with Gasteiger partial charge in [-0.1, -0.05) is 6.92 Å². The molecule has 0 fully saturated rings. The molecular formula is C34H45N5O5. The Bertz CT molecular complexity index is 1340. The highest BCUT2D eigenvalue weighted by molar-refractivity contribution is 6.05. The Labute approximate surface area is 260 Å². The molecule has 1 aliphatic rings. The maximum Gasteiger partial charge on any atom is 0.258 e. The number of aliphatic hydroxyl groups is 1. The van der Waals surface area contributed by atoms with Gasteiger partial charge >= 0.3 is 0 Å². The summed E-state index contributed by atoms with van der Waals surface area (Å²) >= 11 is 0. The normalized spacial score (nSPS) is 20.7. The van der Waals surface area contributed by atoms with Crippen LogP contribution in [-0.4, -0.2) is 88.3 Å². The average molecular weight is 604 g/mol. The van der Waals surface area contributed by atoms with Crippen molar-refractivity contribution in [3.63, 3.8) is 0 Å². The number of likely N-dealkylation sites (N-methyl/N-ethyl adjacent to an activating group) is 1. The van der Waals surface area contributed by atoms with Gasteiger partial charge in [0.1, 0.15) is 5.75 Å². The van der Waals surface area contributed by atoms with Crippen LogP contribution in [0.25, 0.3) is 0 Å². The van der Waals surface area contributed by atoms with Gasteiger partial charge < -0.3 is 24.8 Å². The summed E-state index contributed by atoms with van der Waals surface area (Å²) in [5.74, 6) is -0.163. The summed E-state index contributed by atoms with van der Waals surface area (Å²) in [5, 5.41) is 13.1. The number of rotatable bonds is 8. The lowest BCUT2D eigenvalue weighted by molar-refractivity contribution is -0.0177. The third kappa shape index (κ3) is 9.32. The van der Waals surface area contributed by atoms with Gasteiger partial charge in [0, 0.05) is 68.2 Å². The van der Waals surface area contributed by atoms with Crippen molar-refractivity contribution in [2.75, 3.05) is 38.7 Å². The third-order valence-corrected chi connectivity index (χ3v) is 7.95. The predicted octanol–water partition coefficient (Wildman–Crippen LogP) is 4.66. The Morgan fingerprint density at radius 2 is 1.80 bits per heavy atom. The van der Waals surface area contributed by atoms with Crippen molar-refractivity contribution in [2.45, 2.75) is 64.8 Å². The minimum atomic E-state index is -0.451. The van der Waals surface area contributed by atoms with Crippen LogP contribution in [0.15, 0.2) is 67.3 Å². The molecule has 4 rings (SSSR count). The molecule has 10 heteroatoms. The van der Waals surface area contributed by atoms with Crippen LogP contribution < -0.4 is 10.1 Å². The fourth-order valence-corrected chi connectivity index (χ4v) is 5.34. The van der Waals surface area contributed by atoms with Gasteiger partial charge in [0.05, 0.1) is 30.4 Å². The number of nitrogens with zero attached hydrogens (tertiary/aromatic N) is 4.